The van der Waals surface area contributed by atoms with Crippen LogP contribution in [0.2, 0.25) is 0 Å². The fraction of sp³-hybridized carbons (Fsp3) is 0.417. The van der Waals surface area contributed by atoms with E-state index >= 15 is 0 Å². The molecule has 0 spiro atoms. The van der Waals surface area contributed by atoms with E-state index < -0.39 is 24.5 Å². The lowest BCUT2D eigenvalue weighted by Crippen LogP contribution is -2.24. The van der Waals surface area contributed by atoms with Gasteiger partial charge in [-0.15, -0.1) is 0 Å². The standard InChI is InChI=1S/C12H13F3O2S/c13-12(14,15)6-10(11(16)17)8-18-7-9-4-2-1-3-5-9/h1-5,10H,6-8H2,(H,16,17). The van der Waals surface area contributed by atoms with Gasteiger partial charge >= 0.3 is 12.1 Å². The summed E-state index contributed by atoms with van der Waals surface area (Å²) in [6, 6.07) is 9.22. The Morgan fingerprint density at radius 3 is 2.39 bits per heavy atom. The van der Waals surface area contributed by atoms with Crippen molar-refractivity contribution in [3.05, 3.63) is 35.9 Å². The fourth-order valence-electron chi connectivity index (χ4n) is 1.39. The third-order valence-electron chi connectivity index (χ3n) is 2.26. The number of alkyl halides is 3. The Balaban J connectivity index is 2.41. The summed E-state index contributed by atoms with van der Waals surface area (Å²) in [5, 5.41) is 8.72. The summed E-state index contributed by atoms with van der Waals surface area (Å²) >= 11 is 1.20. The lowest BCUT2D eigenvalue weighted by Gasteiger charge is -2.14. The van der Waals surface area contributed by atoms with Crippen LogP contribution >= 0.6 is 11.8 Å². The van der Waals surface area contributed by atoms with Crippen molar-refractivity contribution in [1.29, 1.82) is 0 Å². The molecule has 2 nitrogen and oxygen atoms in total. The average molecular weight is 278 g/mol. The third-order valence-corrected chi connectivity index (χ3v) is 3.43. The van der Waals surface area contributed by atoms with E-state index in [1.807, 2.05) is 30.3 Å². The first-order chi connectivity index (χ1) is 8.38. The van der Waals surface area contributed by atoms with E-state index in [0.717, 1.165) is 5.56 Å². The van der Waals surface area contributed by atoms with Gasteiger partial charge in [-0.1, -0.05) is 30.3 Å². The number of carboxylic acid groups (broad SMARTS) is 1. The van der Waals surface area contributed by atoms with Crippen LogP contribution in [0.5, 0.6) is 0 Å². The number of carbonyl (C=O) groups is 1. The van der Waals surface area contributed by atoms with Gasteiger partial charge in [0.2, 0.25) is 0 Å². The lowest BCUT2D eigenvalue weighted by atomic mass is 10.1. The first-order valence-electron chi connectivity index (χ1n) is 5.29. The van der Waals surface area contributed by atoms with Crippen LogP contribution in [0.1, 0.15) is 12.0 Å². The normalized spacial score (nSPS) is 13.3. The molecule has 0 aliphatic carbocycles. The summed E-state index contributed by atoms with van der Waals surface area (Å²) < 4.78 is 36.4. The van der Waals surface area contributed by atoms with Crippen molar-refractivity contribution in [2.24, 2.45) is 5.92 Å². The molecule has 0 fully saturated rings. The molecule has 1 unspecified atom stereocenters. The maximum Gasteiger partial charge on any atom is 0.389 e. The van der Waals surface area contributed by atoms with Crippen LogP contribution in [0.3, 0.4) is 0 Å². The second kappa shape index (κ2) is 6.68. The summed E-state index contributed by atoms with van der Waals surface area (Å²) in [6.45, 7) is 0. The van der Waals surface area contributed by atoms with Crippen molar-refractivity contribution in [3.63, 3.8) is 0 Å². The maximum atomic E-state index is 12.1. The molecule has 0 heterocycles. The Bertz CT molecular complexity index is 379. The van der Waals surface area contributed by atoms with Gasteiger partial charge in [0.05, 0.1) is 12.3 Å². The monoisotopic (exact) mass is 278 g/mol. The Kier molecular flexibility index (Phi) is 5.53. The van der Waals surface area contributed by atoms with Gasteiger partial charge in [-0.05, 0) is 5.56 Å². The summed E-state index contributed by atoms with van der Waals surface area (Å²) in [5.41, 5.74) is 0.971. The molecule has 0 aliphatic heterocycles. The van der Waals surface area contributed by atoms with E-state index in [1.165, 1.54) is 11.8 Å². The van der Waals surface area contributed by atoms with E-state index in [2.05, 4.69) is 0 Å². The molecule has 1 aromatic rings. The van der Waals surface area contributed by atoms with Gasteiger partial charge in [0, 0.05) is 11.5 Å². The third kappa shape index (κ3) is 5.95. The Morgan fingerprint density at radius 2 is 1.89 bits per heavy atom. The van der Waals surface area contributed by atoms with Crippen molar-refractivity contribution in [1.82, 2.24) is 0 Å². The Hall–Kier alpha value is -1.17. The van der Waals surface area contributed by atoms with Crippen LogP contribution in [-0.4, -0.2) is 23.0 Å². The van der Waals surface area contributed by atoms with E-state index in [0.29, 0.717) is 5.75 Å². The van der Waals surface area contributed by atoms with Crippen LogP contribution < -0.4 is 0 Å². The van der Waals surface area contributed by atoms with E-state index in [-0.39, 0.29) is 5.75 Å². The average Bonchev–Trinajstić information content (AvgIpc) is 2.27. The number of halogens is 3. The largest absolute Gasteiger partial charge is 0.481 e. The van der Waals surface area contributed by atoms with Crippen LogP contribution in [-0.2, 0) is 10.5 Å². The zero-order chi connectivity index (χ0) is 13.6. The Morgan fingerprint density at radius 1 is 1.28 bits per heavy atom. The molecule has 0 bridgehead atoms. The van der Waals surface area contributed by atoms with E-state index in [9.17, 15) is 18.0 Å². The van der Waals surface area contributed by atoms with Crippen LogP contribution in [0.25, 0.3) is 0 Å². The molecule has 1 rings (SSSR count). The molecule has 0 saturated carbocycles. The van der Waals surface area contributed by atoms with Crippen LogP contribution in [0.4, 0.5) is 13.2 Å². The number of rotatable bonds is 6. The molecular weight excluding hydrogens is 265 g/mol. The van der Waals surface area contributed by atoms with Gasteiger partial charge < -0.3 is 5.11 Å². The van der Waals surface area contributed by atoms with Gasteiger partial charge in [0.1, 0.15) is 0 Å². The predicted octanol–water partition coefficient (Wildman–Crippen LogP) is 3.57. The highest BCUT2D eigenvalue weighted by atomic mass is 32.2. The Labute approximate surface area is 107 Å². The first kappa shape index (κ1) is 14.9. The molecular formula is C12H13F3O2S. The topological polar surface area (TPSA) is 37.3 Å². The molecule has 100 valence electrons. The smallest absolute Gasteiger partial charge is 0.389 e. The summed E-state index contributed by atoms with van der Waals surface area (Å²) in [5.74, 6) is -2.29. The predicted molar refractivity (Wildman–Crippen MR) is 64.4 cm³/mol. The van der Waals surface area contributed by atoms with Crippen molar-refractivity contribution in [2.45, 2.75) is 18.3 Å². The molecule has 1 aromatic carbocycles. The van der Waals surface area contributed by atoms with Crippen molar-refractivity contribution >= 4 is 17.7 Å². The number of aliphatic carboxylic acids is 1. The minimum Gasteiger partial charge on any atom is -0.481 e. The first-order valence-corrected chi connectivity index (χ1v) is 6.45. The highest BCUT2D eigenvalue weighted by Gasteiger charge is 2.35. The van der Waals surface area contributed by atoms with Gasteiger partial charge in [0.25, 0.3) is 0 Å². The minimum absolute atomic E-state index is 0.0380. The van der Waals surface area contributed by atoms with Gasteiger partial charge in [-0.3, -0.25) is 4.79 Å². The second-order valence-electron chi connectivity index (χ2n) is 3.86. The van der Waals surface area contributed by atoms with Gasteiger partial charge in [-0.25, -0.2) is 0 Å². The molecule has 0 amide bonds. The zero-order valence-corrected chi connectivity index (χ0v) is 10.3. The zero-order valence-electron chi connectivity index (χ0n) is 9.48. The molecule has 0 aromatic heterocycles. The van der Waals surface area contributed by atoms with Crippen molar-refractivity contribution in [2.75, 3.05) is 5.75 Å². The molecule has 6 heteroatoms. The summed E-state index contributed by atoms with van der Waals surface area (Å²) in [4.78, 5) is 10.7. The van der Waals surface area contributed by atoms with Gasteiger partial charge in [-0.2, -0.15) is 24.9 Å². The van der Waals surface area contributed by atoms with Crippen molar-refractivity contribution in [3.8, 4) is 0 Å². The summed E-state index contributed by atoms with van der Waals surface area (Å²) in [7, 11) is 0. The minimum atomic E-state index is -4.43. The lowest BCUT2D eigenvalue weighted by molar-refractivity contribution is -0.161. The van der Waals surface area contributed by atoms with Crippen molar-refractivity contribution < 1.29 is 23.1 Å². The number of hydrogen-bond acceptors (Lipinski definition) is 2. The van der Waals surface area contributed by atoms with E-state index in [1.54, 1.807) is 0 Å². The molecule has 1 N–H and O–H groups in total. The molecule has 18 heavy (non-hydrogen) atoms. The fourth-order valence-corrected chi connectivity index (χ4v) is 2.48. The maximum absolute atomic E-state index is 12.1. The number of benzene rings is 1. The number of carboxylic acids is 1. The highest BCUT2D eigenvalue weighted by molar-refractivity contribution is 7.98. The molecule has 0 aliphatic rings. The van der Waals surface area contributed by atoms with Crippen LogP contribution in [0, 0.1) is 5.92 Å². The highest BCUT2D eigenvalue weighted by Crippen LogP contribution is 2.28. The molecule has 0 saturated heterocycles. The van der Waals surface area contributed by atoms with Gasteiger partial charge in [0.15, 0.2) is 0 Å². The number of hydrogen-bond donors (Lipinski definition) is 1. The SMILES string of the molecule is O=C(O)C(CSCc1ccccc1)CC(F)(F)F. The van der Waals surface area contributed by atoms with E-state index in [4.69, 9.17) is 5.11 Å². The number of thioether (sulfide) groups is 1. The molecule has 0 radical (unpaired) electrons. The van der Waals surface area contributed by atoms with Crippen LogP contribution in [0.15, 0.2) is 30.3 Å². The quantitative estimate of drug-likeness (QED) is 0.864. The summed E-state index contributed by atoms with van der Waals surface area (Å²) in [6.07, 6.45) is -5.71. The molecule has 1 atom stereocenters. The second-order valence-corrected chi connectivity index (χ2v) is 4.89.